The SMILES string of the molecule is O=S1(=O)CCCN1c1cn2c(-c3nc(NC4CCCNC4)c(F)cc3F)cnc2cn1. The molecule has 2 N–H and O–H groups in total. The number of fused-ring (bicyclic) bond motifs is 1. The quantitative estimate of drug-likeness (QED) is 0.626. The Kier molecular flexibility index (Phi) is 4.97. The summed E-state index contributed by atoms with van der Waals surface area (Å²) in [5.41, 5.74) is 0.589. The summed E-state index contributed by atoms with van der Waals surface area (Å²) in [6, 6.07) is 0.792. The summed E-state index contributed by atoms with van der Waals surface area (Å²) in [5, 5.41) is 6.28. The fourth-order valence-electron chi connectivity index (χ4n) is 4.00. The Morgan fingerprint density at radius 2 is 2.03 bits per heavy atom. The number of pyridine rings is 1. The minimum Gasteiger partial charge on any atom is -0.364 e. The van der Waals surface area contributed by atoms with E-state index in [1.165, 1.54) is 27.3 Å². The molecule has 0 amide bonds. The van der Waals surface area contributed by atoms with Crippen LogP contribution in [0.15, 0.2) is 24.7 Å². The van der Waals surface area contributed by atoms with E-state index in [0.717, 1.165) is 25.5 Å². The van der Waals surface area contributed by atoms with Crippen molar-refractivity contribution in [3.8, 4) is 11.4 Å². The number of aromatic nitrogens is 4. The maximum atomic E-state index is 14.7. The van der Waals surface area contributed by atoms with Gasteiger partial charge in [-0.25, -0.2) is 32.2 Å². The van der Waals surface area contributed by atoms with Gasteiger partial charge in [0.25, 0.3) is 0 Å². The van der Waals surface area contributed by atoms with Crippen molar-refractivity contribution in [1.29, 1.82) is 0 Å². The van der Waals surface area contributed by atoms with Gasteiger partial charge in [-0.05, 0) is 25.8 Å². The Balaban J connectivity index is 1.55. The average Bonchev–Trinajstić information content (AvgIpc) is 3.32. The fourth-order valence-corrected chi connectivity index (χ4v) is 5.50. The summed E-state index contributed by atoms with van der Waals surface area (Å²) in [6.45, 7) is 1.91. The van der Waals surface area contributed by atoms with E-state index in [1.54, 1.807) is 0 Å². The normalized spacial score (nSPS) is 21.0. The van der Waals surface area contributed by atoms with Crippen LogP contribution in [0.25, 0.3) is 17.0 Å². The second-order valence-electron chi connectivity index (χ2n) is 7.70. The minimum absolute atomic E-state index is 0.00702. The van der Waals surface area contributed by atoms with E-state index in [0.29, 0.717) is 25.2 Å². The first kappa shape index (κ1) is 20.1. The number of hydrogen-bond donors (Lipinski definition) is 2. The molecule has 12 heteroatoms. The van der Waals surface area contributed by atoms with Crippen molar-refractivity contribution >= 4 is 27.3 Å². The van der Waals surface area contributed by atoms with E-state index in [4.69, 9.17) is 0 Å². The first-order valence-electron chi connectivity index (χ1n) is 10.1. The Morgan fingerprint density at radius 3 is 2.77 bits per heavy atom. The molecule has 0 bridgehead atoms. The average molecular weight is 449 g/mol. The molecule has 2 aliphatic heterocycles. The number of anilines is 2. The molecule has 5 heterocycles. The highest BCUT2D eigenvalue weighted by Gasteiger charge is 2.30. The van der Waals surface area contributed by atoms with E-state index in [2.05, 4.69) is 25.6 Å². The summed E-state index contributed by atoms with van der Waals surface area (Å²) in [6.07, 6.45) is 6.64. The topological polar surface area (TPSA) is 105 Å². The summed E-state index contributed by atoms with van der Waals surface area (Å²) in [4.78, 5) is 12.6. The van der Waals surface area contributed by atoms with Crippen LogP contribution in [0.4, 0.5) is 20.4 Å². The van der Waals surface area contributed by atoms with Gasteiger partial charge in [0.2, 0.25) is 10.0 Å². The van der Waals surface area contributed by atoms with Gasteiger partial charge < -0.3 is 10.6 Å². The van der Waals surface area contributed by atoms with Crippen LogP contribution in [0.1, 0.15) is 19.3 Å². The number of halogens is 2. The van der Waals surface area contributed by atoms with Gasteiger partial charge in [-0.3, -0.25) is 8.71 Å². The zero-order chi connectivity index (χ0) is 21.6. The third kappa shape index (κ3) is 3.69. The fraction of sp³-hybridized carbons (Fsp3) is 0.421. The molecular weight excluding hydrogens is 428 g/mol. The highest BCUT2D eigenvalue weighted by Crippen LogP contribution is 2.28. The van der Waals surface area contributed by atoms with Gasteiger partial charge in [0.05, 0.1) is 30.0 Å². The lowest BCUT2D eigenvalue weighted by Crippen LogP contribution is -2.38. The summed E-state index contributed by atoms with van der Waals surface area (Å²) < 4.78 is 56.4. The first-order chi connectivity index (χ1) is 14.9. The molecule has 0 radical (unpaired) electrons. The lowest BCUT2D eigenvalue weighted by Gasteiger charge is -2.24. The molecule has 31 heavy (non-hydrogen) atoms. The first-order valence-corrected chi connectivity index (χ1v) is 11.7. The van der Waals surface area contributed by atoms with Crippen LogP contribution in [-0.2, 0) is 10.0 Å². The van der Waals surface area contributed by atoms with Gasteiger partial charge in [0, 0.05) is 25.2 Å². The second-order valence-corrected chi connectivity index (χ2v) is 9.71. The van der Waals surface area contributed by atoms with Gasteiger partial charge in [0.1, 0.15) is 5.69 Å². The molecule has 1 atom stereocenters. The van der Waals surface area contributed by atoms with Crippen molar-refractivity contribution < 1.29 is 17.2 Å². The summed E-state index contributed by atoms with van der Waals surface area (Å²) in [7, 11) is -3.42. The lowest BCUT2D eigenvalue weighted by atomic mass is 10.1. The van der Waals surface area contributed by atoms with Gasteiger partial charge >= 0.3 is 0 Å². The van der Waals surface area contributed by atoms with E-state index < -0.39 is 21.7 Å². The Morgan fingerprint density at radius 1 is 1.16 bits per heavy atom. The number of piperidine rings is 1. The molecule has 3 aromatic rings. The largest absolute Gasteiger partial charge is 0.364 e. The van der Waals surface area contributed by atoms with Crippen LogP contribution in [-0.4, -0.2) is 59.2 Å². The third-order valence-electron chi connectivity index (χ3n) is 5.55. The third-order valence-corrected chi connectivity index (χ3v) is 7.39. The maximum absolute atomic E-state index is 14.7. The van der Waals surface area contributed by atoms with Crippen LogP contribution in [0.2, 0.25) is 0 Å². The number of sulfonamides is 1. The van der Waals surface area contributed by atoms with Crippen molar-refractivity contribution in [2.75, 3.05) is 35.0 Å². The highest BCUT2D eigenvalue weighted by atomic mass is 32.2. The maximum Gasteiger partial charge on any atom is 0.236 e. The molecule has 2 fully saturated rings. The summed E-state index contributed by atoms with van der Waals surface area (Å²) >= 11 is 0. The Hall–Kier alpha value is -2.86. The predicted molar refractivity (Wildman–Crippen MR) is 111 cm³/mol. The number of hydrogen-bond acceptors (Lipinski definition) is 7. The molecule has 5 rings (SSSR count). The van der Waals surface area contributed by atoms with Crippen molar-refractivity contribution in [3.05, 3.63) is 36.3 Å². The second kappa shape index (κ2) is 7.68. The number of imidazole rings is 1. The van der Waals surface area contributed by atoms with Crippen molar-refractivity contribution in [2.24, 2.45) is 0 Å². The molecule has 0 spiro atoms. The van der Waals surface area contributed by atoms with Gasteiger partial charge in [-0.15, -0.1) is 0 Å². The molecule has 2 saturated heterocycles. The van der Waals surface area contributed by atoms with Crippen molar-refractivity contribution in [2.45, 2.75) is 25.3 Å². The standard InChI is InChI=1S/C19H21F2N7O2S/c20-13-7-14(21)19(25-12-3-1-4-22-8-12)26-18(13)15-9-23-16-10-24-17(11-27(15)16)28-5-2-6-31(28,29)30/h7,9-12,22H,1-6,8H2,(H,25,26). The van der Waals surface area contributed by atoms with Gasteiger partial charge in [0.15, 0.2) is 28.9 Å². The van der Waals surface area contributed by atoms with Crippen molar-refractivity contribution in [3.63, 3.8) is 0 Å². The minimum atomic E-state index is -3.42. The lowest BCUT2D eigenvalue weighted by molar-refractivity contribution is 0.475. The highest BCUT2D eigenvalue weighted by molar-refractivity contribution is 7.93. The molecule has 0 aromatic carbocycles. The smallest absolute Gasteiger partial charge is 0.236 e. The molecular formula is C19H21F2N7O2S. The van der Waals surface area contributed by atoms with E-state index in [9.17, 15) is 17.2 Å². The van der Waals surface area contributed by atoms with E-state index in [-0.39, 0.29) is 34.8 Å². The monoisotopic (exact) mass is 449 g/mol. The van der Waals surface area contributed by atoms with Crippen LogP contribution in [0, 0.1) is 11.6 Å². The molecule has 164 valence electrons. The Labute approximate surface area is 177 Å². The molecule has 9 nitrogen and oxygen atoms in total. The van der Waals surface area contributed by atoms with Gasteiger partial charge in [-0.2, -0.15) is 0 Å². The zero-order valence-corrected chi connectivity index (χ0v) is 17.4. The van der Waals surface area contributed by atoms with Crippen LogP contribution in [0.5, 0.6) is 0 Å². The number of nitrogens with zero attached hydrogens (tertiary/aromatic N) is 5. The zero-order valence-electron chi connectivity index (χ0n) is 16.6. The van der Waals surface area contributed by atoms with Crippen LogP contribution < -0.4 is 14.9 Å². The van der Waals surface area contributed by atoms with Gasteiger partial charge in [-0.1, -0.05) is 0 Å². The number of rotatable bonds is 4. The molecule has 3 aromatic heterocycles. The molecule has 0 aliphatic carbocycles. The van der Waals surface area contributed by atoms with Crippen molar-refractivity contribution in [1.82, 2.24) is 24.7 Å². The molecule has 1 unspecified atom stereocenters. The van der Waals surface area contributed by atoms with Crippen LogP contribution in [0.3, 0.4) is 0 Å². The van der Waals surface area contributed by atoms with Crippen LogP contribution >= 0.6 is 0 Å². The van der Waals surface area contributed by atoms with E-state index in [1.807, 2.05) is 0 Å². The molecule has 0 saturated carbocycles. The predicted octanol–water partition coefficient (Wildman–Crippen LogP) is 1.77. The molecule has 2 aliphatic rings. The Bertz CT molecular complexity index is 1240. The van der Waals surface area contributed by atoms with E-state index >= 15 is 0 Å². The number of nitrogens with one attached hydrogen (secondary N) is 2. The summed E-state index contributed by atoms with van der Waals surface area (Å²) in [5.74, 6) is -1.36.